The van der Waals surface area contributed by atoms with Gasteiger partial charge in [0.2, 0.25) is 5.90 Å². The van der Waals surface area contributed by atoms with Gasteiger partial charge in [-0.3, -0.25) is 15.0 Å². The zero-order chi connectivity index (χ0) is 26.9. The number of hydrogen-bond donors (Lipinski definition) is 4. The molecule has 1 heterocycles. The van der Waals surface area contributed by atoms with Crippen molar-refractivity contribution in [3.63, 3.8) is 0 Å². The van der Waals surface area contributed by atoms with Crippen LogP contribution in [0.15, 0.2) is 29.3 Å². The number of carbonyl (C=O) groups excluding carboxylic acids is 2. The fourth-order valence-corrected chi connectivity index (χ4v) is 4.39. The molecule has 0 radical (unpaired) electrons. The third-order valence-electron chi connectivity index (χ3n) is 6.42. The lowest BCUT2D eigenvalue weighted by molar-refractivity contribution is -0.155. The number of aliphatic imine (C=N–C) groups is 1. The highest BCUT2D eigenvalue weighted by molar-refractivity contribution is 6.00. The summed E-state index contributed by atoms with van der Waals surface area (Å²) in [5.41, 5.74) is 3.43. The van der Waals surface area contributed by atoms with E-state index < -0.39 is 28.6 Å². The lowest BCUT2D eigenvalue weighted by atomic mass is 9.85. The van der Waals surface area contributed by atoms with Gasteiger partial charge in [-0.25, -0.2) is 10.4 Å². The number of aliphatic hydroxyl groups is 2. The molecule has 1 amide bonds. The van der Waals surface area contributed by atoms with E-state index in [2.05, 4.69) is 15.8 Å². The van der Waals surface area contributed by atoms with Gasteiger partial charge in [-0.2, -0.15) is 0 Å². The quantitative estimate of drug-likeness (QED) is 0.188. The molecule has 0 unspecified atom stereocenters. The number of hydrazine groups is 1. The highest BCUT2D eigenvalue weighted by Crippen LogP contribution is 2.29. The van der Waals surface area contributed by atoms with Crippen LogP contribution in [0.2, 0.25) is 0 Å². The molecule has 1 aromatic rings. The molecule has 1 fully saturated rings. The predicted octanol–water partition coefficient (Wildman–Crippen LogP) is 2.40. The fraction of sp³-hybridized carbons (Fsp3) is 0.667. The first-order valence-electron chi connectivity index (χ1n) is 13.1. The van der Waals surface area contributed by atoms with E-state index in [0.29, 0.717) is 43.1 Å². The van der Waals surface area contributed by atoms with Crippen molar-refractivity contribution in [1.82, 2.24) is 10.9 Å². The van der Waals surface area contributed by atoms with E-state index >= 15 is 0 Å². The Kier molecular flexibility index (Phi) is 9.92. The van der Waals surface area contributed by atoms with E-state index in [1.165, 1.54) is 0 Å². The molecule has 1 aliphatic heterocycles. The van der Waals surface area contributed by atoms with E-state index in [4.69, 9.17) is 19.3 Å². The Labute approximate surface area is 218 Å². The second-order valence-electron chi connectivity index (χ2n) is 10.9. The van der Waals surface area contributed by atoms with Crippen molar-refractivity contribution in [2.45, 2.75) is 88.9 Å². The molecule has 1 aromatic carbocycles. The third kappa shape index (κ3) is 8.69. The van der Waals surface area contributed by atoms with E-state index in [9.17, 15) is 14.7 Å². The minimum Gasteiger partial charge on any atom is -0.494 e. The van der Waals surface area contributed by atoms with E-state index in [0.717, 1.165) is 19.3 Å². The molecule has 0 saturated heterocycles. The molecule has 3 rings (SSSR count). The van der Waals surface area contributed by atoms with Gasteiger partial charge in [0.1, 0.15) is 18.0 Å². The molecule has 1 atom stereocenters. The van der Waals surface area contributed by atoms with Crippen molar-refractivity contribution in [3.05, 3.63) is 29.8 Å². The summed E-state index contributed by atoms with van der Waals surface area (Å²) in [6.07, 6.45) is 5.02. The SMILES string of the molecule is CC(C)(C)OC(=O)CC[C@@]1(C(=O)NNCC2(O)CCCCC2)COC(c2ccc(OCCCO)cc2)=N1. The monoisotopic (exact) mass is 519 g/mol. The molecular formula is C27H41N3O7. The highest BCUT2D eigenvalue weighted by atomic mass is 16.6. The summed E-state index contributed by atoms with van der Waals surface area (Å²) >= 11 is 0. The van der Waals surface area contributed by atoms with Crippen LogP contribution in [0.1, 0.15) is 77.7 Å². The maximum absolute atomic E-state index is 13.4. The summed E-state index contributed by atoms with van der Waals surface area (Å²) in [6.45, 7) is 6.04. The third-order valence-corrected chi connectivity index (χ3v) is 6.42. The van der Waals surface area contributed by atoms with Gasteiger partial charge >= 0.3 is 5.97 Å². The number of rotatable bonds is 12. The van der Waals surface area contributed by atoms with Crippen molar-refractivity contribution < 1.29 is 34.0 Å². The second-order valence-corrected chi connectivity index (χ2v) is 10.9. The van der Waals surface area contributed by atoms with Crippen LogP contribution in [-0.2, 0) is 19.1 Å². The minimum absolute atomic E-state index is 0.00754. The number of nitrogens with zero attached hydrogens (tertiary/aromatic N) is 1. The molecule has 0 bridgehead atoms. The number of carbonyl (C=O) groups is 2. The molecule has 10 nitrogen and oxygen atoms in total. The van der Waals surface area contributed by atoms with Crippen molar-refractivity contribution in [3.8, 4) is 5.75 Å². The molecular weight excluding hydrogens is 478 g/mol. The first-order chi connectivity index (χ1) is 17.5. The first-order valence-corrected chi connectivity index (χ1v) is 13.1. The molecule has 2 aliphatic rings. The molecule has 10 heteroatoms. The lowest BCUT2D eigenvalue weighted by Crippen LogP contribution is -2.55. The van der Waals surface area contributed by atoms with Crippen LogP contribution in [0.3, 0.4) is 0 Å². The normalized spacial score (nSPS) is 21.1. The van der Waals surface area contributed by atoms with Crippen LogP contribution in [-0.4, -0.2) is 71.1 Å². The van der Waals surface area contributed by atoms with Gasteiger partial charge in [0, 0.05) is 31.6 Å². The maximum atomic E-state index is 13.4. The standard InChI is InChI=1S/C27H41N3O7/c1-25(2,3)37-22(32)12-15-27(24(33)30-28-18-26(34)13-5-4-6-14-26)19-36-23(29-27)20-8-10-21(11-9-20)35-17-7-16-31/h8-11,28,31,34H,4-7,12-19H2,1-3H3,(H,30,33)/t27-/m0/s1. The van der Waals surface area contributed by atoms with Crippen LogP contribution in [0.4, 0.5) is 0 Å². The molecule has 0 spiro atoms. The van der Waals surface area contributed by atoms with Gasteiger partial charge in [-0.1, -0.05) is 19.3 Å². The topological polar surface area (TPSA) is 139 Å². The fourth-order valence-electron chi connectivity index (χ4n) is 4.39. The Bertz CT molecular complexity index is 936. The van der Waals surface area contributed by atoms with Crippen LogP contribution in [0, 0.1) is 0 Å². The Morgan fingerprint density at radius 3 is 2.49 bits per heavy atom. The summed E-state index contributed by atoms with van der Waals surface area (Å²) < 4.78 is 16.8. The van der Waals surface area contributed by atoms with Crippen LogP contribution in [0.5, 0.6) is 5.75 Å². The molecule has 4 N–H and O–H groups in total. The zero-order valence-corrected chi connectivity index (χ0v) is 22.2. The molecule has 37 heavy (non-hydrogen) atoms. The Morgan fingerprint density at radius 2 is 1.84 bits per heavy atom. The van der Waals surface area contributed by atoms with Crippen LogP contribution < -0.4 is 15.6 Å². The largest absolute Gasteiger partial charge is 0.494 e. The Hall–Kier alpha value is -2.69. The lowest BCUT2D eigenvalue weighted by Gasteiger charge is -2.32. The van der Waals surface area contributed by atoms with E-state index in [-0.39, 0.29) is 32.6 Å². The average Bonchev–Trinajstić information content (AvgIpc) is 3.28. The van der Waals surface area contributed by atoms with Crippen molar-refractivity contribution in [2.24, 2.45) is 4.99 Å². The first kappa shape index (κ1) is 28.9. The van der Waals surface area contributed by atoms with Gasteiger partial charge in [0.25, 0.3) is 5.91 Å². The molecule has 1 saturated carbocycles. The molecule has 206 valence electrons. The van der Waals surface area contributed by atoms with Gasteiger partial charge < -0.3 is 24.4 Å². The number of hydrogen-bond acceptors (Lipinski definition) is 9. The summed E-state index contributed by atoms with van der Waals surface area (Å²) in [4.78, 5) is 30.4. The number of esters is 1. The van der Waals surface area contributed by atoms with Crippen LogP contribution in [0.25, 0.3) is 0 Å². The minimum atomic E-state index is -1.33. The van der Waals surface area contributed by atoms with Gasteiger partial charge in [0.05, 0.1) is 12.2 Å². The summed E-state index contributed by atoms with van der Waals surface area (Å²) in [5.74, 6) is 0.0911. The Morgan fingerprint density at radius 1 is 1.14 bits per heavy atom. The number of ether oxygens (including phenoxy) is 3. The zero-order valence-electron chi connectivity index (χ0n) is 22.2. The average molecular weight is 520 g/mol. The summed E-state index contributed by atoms with van der Waals surface area (Å²) in [7, 11) is 0. The number of amides is 1. The number of aliphatic hydroxyl groups excluding tert-OH is 1. The van der Waals surface area contributed by atoms with E-state index in [1.807, 2.05) is 0 Å². The summed E-state index contributed by atoms with van der Waals surface area (Å²) in [5, 5.41) is 19.6. The maximum Gasteiger partial charge on any atom is 0.306 e. The van der Waals surface area contributed by atoms with E-state index in [1.54, 1.807) is 45.0 Å². The molecule has 0 aromatic heterocycles. The van der Waals surface area contributed by atoms with Gasteiger partial charge in [0.15, 0.2) is 5.54 Å². The van der Waals surface area contributed by atoms with Crippen molar-refractivity contribution >= 4 is 17.8 Å². The predicted molar refractivity (Wildman–Crippen MR) is 138 cm³/mol. The highest BCUT2D eigenvalue weighted by Gasteiger charge is 2.45. The van der Waals surface area contributed by atoms with Gasteiger partial charge in [-0.15, -0.1) is 0 Å². The Balaban J connectivity index is 1.70. The van der Waals surface area contributed by atoms with Crippen molar-refractivity contribution in [1.29, 1.82) is 0 Å². The summed E-state index contributed by atoms with van der Waals surface area (Å²) in [6, 6.07) is 7.11. The smallest absolute Gasteiger partial charge is 0.306 e. The number of benzene rings is 1. The second kappa shape index (κ2) is 12.7. The molecule has 1 aliphatic carbocycles. The van der Waals surface area contributed by atoms with Crippen molar-refractivity contribution in [2.75, 3.05) is 26.4 Å². The van der Waals surface area contributed by atoms with Gasteiger partial charge in [-0.05, 0) is 64.3 Å². The van der Waals surface area contributed by atoms with Crippen LogP contribution >= 0.6 is 0 Å². The number of nitrogens with one attached hydrogen (secondary N) is 2.